The molecule has 0 spiro atoms. The van der Waals surface area contributed by atoms with Gasteiger partial charge >= 0.3 is 5.97 Å². The maximum absolute atomic E-state index is 12.7. The number of rotatable bonds is 4. The van der Waals surface area contributed by atoms with Crippen molar-refractivity contribution in [3.8, 4) is 0 Å². The Kier molecular flexibility index (Phi) is 3.54. The molecule has 0 unspecified atom stereocenters. The van der Waals surface area contributed by atoms with Crippen LogP contribution in [0.25, 0.3) is 0 Å². The topological polar surface area (TPSA) is 83.5 Å². The molecule has 1 heterocycles. The molecule has 0 atom stereocenters. The molecule has 0 amide bonds. The average Bonchev–Trinajstić information content (AvgIpc) is 2.77. The Labute approximate surface area is 112 Å². The van der Waals surface area contributed by atoms with Gasteiger partial charge in [-0.25, -0.2) is 17.6 Å². The molecule has 0 aliphatic rings. The number of hydrogen-bond acceptors (Lipinski definition) is 4. The van der Waals surface area contributed by atoms with Gasteiger partial charge in [0.05, 0.1) is 10.6 Å². The van der Waals surface area contributed by atoms with E-state index >= 15 is 0 Å². The number of carboxylic acid groups (broad SMARTS) is 1. The minimum absolute atomic E-state index is 0.0122. The lowest BCUT2D eigenvalue weighted by Gasteiger charge is -2.07. The third-order valence-electron chi connectivity index (χ3n) is 2.23. The van der Waals surface area contributed by atoms with E-state index in [2.05, 4.69) is 4.72 Å². The molecule has 2 aromatic rings. The number of benzene rings is 1. The number of hydrogen-bond donors (Lipinski definition) is 2. The Morgan fingerprint density at radius 3 is 2.42 bits per heavy atom. The van der Waals surface area contributed by atoms with Crippen LogP contribution in [-0.2, 0) is 10.0 Å². The Morgan fingerprint density at radius 1 is 1.21 bits per heavy atom. The average molecular weight is 301 g/mol. The molecule has 0 saturated carbocycles. The molecule has 2 N–H and O–H groups in total. The van der Waals surface area contributed by atoms with Gasteiger partial charge in [0.15, 0.2) is 0 Å². The summed E-state index contributed by atoms with van der Waals surface area (Å²) < 4.78 is 38.8. The first-order valence-electron chi connectivity index (χ1n) is 4.99. The first-order chi connectivity index (χ1) is 8.90. The molecule has 0 aliphatic heterocycles. The molecule has 0 aliphatic carbocycles. The van der Waals surface area contributed by atoms with Gasteiger partial charge in [-0.05, 0) is 35.7 Å². The number of aromatic carboxylic acids is 1. The van der Waals surface area contributed by atoms with Crippen LogP contribution in [0.2, 0.25) is 0 Å². The van der Waals surface area contributed by atoms with E-state index in [0.717, 1.165) is 35.6 Å². The molecule has 0 bridgehead atoms. The highest BCUT2D eigenvalue weighted by molar-refractivity contribution is 7.92. The number of sulfonamides is 1. The minimum atomic E-state index is -3.93. The molecular formula is C11H8FNO4S2. The summed E-state index contributed by atoms with van der Waals surface area (Å²) in [7, 11) is -3.93. The standard InChI is InChI=1S/C11H8FNO4S2/c12-7-1-3-8(4-2-7)19(16,17)13-9-5-6-18-10(9)11(14)15/h1-6,13H,(H,14,15). The van der Waals surface area contributed by atoms with Crippen LogP contribution in [0.4, 0.5) is 10.1 Å². The van der Waals surface area contributed by atoms with Crippen molar-refractivity contribution in [3.05, 3.63) is 46.4 Å². The largest absolute Gasteiger partial charge is 0.477 e. The number of carbonyl (C=O) groups is 1. The minimum Gasteiger partial charge on any atom is -0.477 e. The predicted octanol–water partition coefficient (Wildman–Crippen LogP) is 2.39. The second-order valence-electron chi connectivity index (χ2n) is 3.53. The molecule has 1 aromatic heterocycles. The first kappa shape index (κ1) is 13.5. The Hall–Kier alpha value is -1.93. The zero-order valence-corrected chi connectivity index (χ0v) is 11.0. The molecule has 0 fully saturated rings. The summed E-state index contributed by atoms with van der Waals surface area (Å²) in [6, 6.07) is 5.59. The highest BCUT2D eigenvalue weighted by Gasteiger charge is 2.19. The maximum atomic E-state index is 12.7. The third-order valence-corrected chi connectivity index (χ3v) is 4.51. The van der Waals surface area contributed by atoms with Gasteiger partial charge in [-0.15, -0.1) is 11.3 Å². The van der Waals surface area contributed by atoms with Crippen LogP contribution in [0.1, 0.15) is 9.67 Å². The lowest BCUT2D eigenvalue weighted by Crippen LogP contribution is -2.14. The van der Waals surface area contributed by atoms with E-state index in [4.69, 9.17) is 5.11 Å². The molecule has 100 valence electrons. The van der Waals surface area contributed by atoms with E-state index in [1.165, 1.54) is 11.4 Å². The smallest absolute Gasteiger partial charge is 0.348 e. The number of halogens is 1. The van der Waals surface area contributed by atoms with E-state index in [1.54, 1.807) is 0 Å². The van der Waals surface area contributed by atoms with Crippen LogP contribution in [0, 0.1) is 5.82 Å². The number of thiophene rings is 1. The summed E-state index contributed by atoms with van der Waals surface area (Å²) >= 11 is 0.909. The lowest BCUT2D eigenvalue weighted by molar-refractivity contribution is 0.0703. The Bertz CT molecular complexity index is 707. The van der Waals surface area contributed by atoms with Crippen molar-refractivity contribution in [2.24, 2.45) is 0 Å². The monoisotopic (exact) mass is 301 g/mol. The van der Waals surface area contributed by atoms with Crippen molar-refractivity contribution in [1.82, 2.24) is 0 Å². The van der Waals surface area contributed by atoms with Gasteiger partial charge in [0, 0.05) is 0 Å². The van der Waals surface area contributed by atoms with Crippen molar-refractivity contribution in [2.75, 3.05) is 4.72 Å². The summed E-state index contributed by atoms with van der Waals surface area (Å²) in [5.74, 6) is -1.77. The number of carboxylic acids is 1. The van der Waals surface area contributed by atoms with Gasteiger partial charge < -0.3 is 5.11 Å². The lowest BCUT2D eigenvalue weighted by atomic mass is 10.4. The summed E-state index contributed by atoms with van der Waals surface area (Å²) in [5, 5.41) is 10.3. The van der Waals surface area contributed by atoms with Gasteiger partial charge in [0.1, 0.15) is 10.7 Å². The summed E-state index contributed by atoms with van der Waals surface area (Å²) in [6.45, 7) is 0. The number of nitrogens with one attached hydrogen (secondary N) is 1. The first-order valence-corrected chi connectivity index (χ1v) is 7.35. The van der Waals surface area contributed by atoms with Crippen molar-refractivity contribution in [1.29, 1.82) is 0 Å². The fourth-order valence-electron chi connectivity index (χ4n) is 1.37. The van der Waals surface area contributed by atoms with Crippen LogP contribution in [0.15, 0.2) is 40.6 Å². The highest BCUT2D eigenvalue weighted by atomic mass is 32.2. The van der Waals surface area contributed by atoms with Crippen LogP contribution in [-0.4, -0.2) is 19.5 Å². The number of anilines is 1. The molecular weight excluding hydrogens is 293 g/mol. The van der Waals surface area contributed by atoms with Crippen molar-refractivity contribution >= 4 is 33.0 Å². The summed E-state index contributed by atoms with van der Waals surface area (Å²) in [5.41, 5.74) is -0.0122. The second kappa shape index (κ2) is 4.98. The van der Waals surface area contributed by atoms with Gasteiger partial charge in [0.25, 0.3) is 10.0 Å². The zero-order valence-electron chi connectivity index (χ0n) is 9.33. The van der Waals surface area contributed by atoms with Gasteiger partial charge in [0.2, 0.25) is 0 Å². The quantitative estimate of drug-likeness (QED) is 0.908. The van der Waals surface area contributed by atoms with Crippen molar-refractivity contribution in [3.63, 3.8) is 0 Å². The molecule has 1 aromatic carbocycles. The fourth-order valence-corrected chi connectivity index (χ4v) is 3.20. The molecule has 0 saturated heterocycles. The van der Waals surface area contributed by atoms with Crippen LogP contribution >= 0.6 is 11.3 Å². The molecule has 5 nitrogen and oxygen atoms in total. The van der Waals surface area contributed by atoms with E-state index in [9.17, 15) is 17.6 Å². The van der Waals surface area contributed by atoms with Crippen molar-refractivity contribution < 1.29 is 22.7 Å². The van der Waals surface area contributed by atoms with E-state index in [-0.39, 0.29) is 15.5 Å². The van der Waals surface area contributed by atoms with Crippen molar-refractivity contribution in [2.45, 2.75) is 4.90 Å². The van der Waals surface area contributed by atoms with E-state index < -0.39 is 21.8 Å². The third kappa shape index (κ3) is 2.91. The van der Waals surface area contributed by atoms with E-state index in [0.29, 0.717) is 0 Å². The highest BCUT2D eigenvalue weighted by Crippen LogP contribution is 2.25. The Balaban J connectivity index is 2.34. The van der Waals surface area contributed by atoms with Gasteiger partial charge in [-0.2, -0.15) is 0 Å². The Morgan fingerprint density at radius 2 is 1.84 bits per heavy atom. The molecule has 2 rings (SSSR count). The van der Waals surface area contributed by atoms with E-state index in [1.807, 2.05) is 0 Å². The maximum Gasteiger partial charge on any atom is 0.348 e. The SMILES string of the molecule is O=C(O)c1sccc1NS(=O)(=O)c1ccc(F)cc1. The predicted molar refractivity (Wildman–Crippen MR) is 68.5 cm³/mol. The fraction of sp³-hybridized carbons (Fsp3) is 0. The summed E-state index contributed by atoms with van der Waals surface area (Å²) in [6.07, 6.45) is 0. The normalized spacial score (nSPS) is 11.2. The summed E-state index contributed by atoms with van der Waals surface area (Å²) in [4.78, 5) is 10.6. The van der Waals surface area contributed by atoms with Crippen LogP contribution in [0.3, 0.4) is 0 Å². The van der Waals surface area contributed by atoms with Crippen LogP contribution in [0.5, 0.6) is 0 Å². The van der Waals surface area contributed by atoms with Gasteiger partial charge in [-0.1, -0.05) is 0 Å². The van der Waals surface area contributed by atoms with Gasteiger partial charge in [-0.3, -0.25) is 4.72 Å². The molecule has 19 heavy (non-hydrogen) atoms. The van der Waals surface area contributed by atoms with Crippen LogP contribution < -0.4 is 4.72 Å². The second-order valence-corrected chi connectivity index (χ2v) is 6.13. The zero-order chi connectivity index (χ0) is 14.0. The molecule has 8 heteroatoms. The molecule has 0 radical (unpaired) electrons.